The van der Waals surface area contributed by atoms with Crippen LogP contribution in [0, 0.1) is 0 Å². The van der Waals surface area contributed by atoms with Crippen molar-refractivity contribution < 1.29 is 14.6 Å². The molecular weight excluding hydrogens is 250 g/mol. The Hall–Kier alpha value is -0.910. The fourth-order valence-electron chi connectivity index (χ4n) is 1.75. The number of rotatable bonds is 9. The first-order chi connectivity index (χ1) is 8.67. The Labute approximate surface area is 112 Å². The zero-order valence-electron chi connectivity index (χ0n) is 11.0. The second-order valence-electron chi connectivity index (χ2n) is 4.02. The van der Waals surface area contributed by atoms with Crippen molar-refractivity contribution in [3.8, 4) is 0 Å². The van der Waals surface area contributed by atoms with Crippen LogP contribution >= 0.6 is 11.3 Å². The van der Waals surface area contributed by atoms with E-state index >= 15 is 0 Å². The van der Waals surface area contributed by atoms with Gasteiger partial charge in [-0.2, -0.15) is 0 Å². The summed E-state index contributed by atoms with van der Waals surface area (Å²) in [6.07, 6.45) is -0.157. The fraction of sp³-hybridized carbons (Fsp3) is 0.615. The van der Waals surface area contributed by atoms with Gasteiger partial charge in [-0.3, -0.25) is 4.90 Å². The SMILES string of the molecule is CCOC(CCN(CC)Cc1cccs1)C(=O)O. The van der Waals surface area contributed by atoms with Crippen LogP contribution in [-0.2, 0) is 16.1 Å². The normalized spacial score (nSPS) is 12.8. The molecule has 5 heteroatoms. The number of carbonyl (C=O) groups is 1. The molecule has 1 heterocycles. The van der Waals surface area contributed by atoms with Crippen LogP contribution in [0.2, 0.25) is 0 Å². The molecule has 4 nitrogen and oxygen atoms in total. The maximum Gasteiger partial charge on any atom is 0.332 e. The van der Waals surface area contributed by atoms with E-state index in [4.69, 9.17) is 9.84 Å². The molecule has 0 aliphatic rings. The number of ether oxygens (including phenoxy) is 1. The van der Waals surface area contributed by atoms with E-state index < -0.39 is 12.1 Å². The van der Waals surface area contributed by atoms with Crippen LogP contribution in [0.5, 0.6) is 0 Å². The molecule has 0 fully saturated rings. The Morgan fingerprint density at radius 1 is 1.56 bits per heavy atom. The lowest BCUT2D eigenvalue weighted by Gasteiger charge is -2.21. The lowest BCUT2D eigenvalue weighted by molar-refractivity contribution is -0.150. The van der Waals surface area contributed by atoms with Crippen LogP contribution in [-0.4, -0.2) is 41.8 Å². The maximum atomic E-state index is 11.0. The van der Waals surface area contributed by atoms with Gasteiger partial charge in [0.25, 0.3) is 0 Å². The first-order valence-corrected chi connectivity index (χ1v) is 7.14. The zero-order chi connectivity index (χ0) is 13.4. The number of carboxylic acids is 1. The molecule has 0 bridgehead atoms. The van der Waals surface area contributed by atoms with Gasteiger partial charge in [0.1, 0.15) is 0 Å². The predicted molar refractivity (Wildman–Crippen MR) is 72.9 cm³/mol. The van der Waals surface area contributed by atoms with Crippen LogP contribution < -0.4 is 0 Å². The monoisotopic (exact) mass is 271 g/mol. The molecule has 0 saturated carbocycles. The molecule has 1 aromatic rings. The molecule has 1 unspecified atom stereocenters. The average molecular weight is 271 g/mol. The number of nitrogens with zero attached hydrogens (tertiary/aromatic N) is 1. The maximum absolute atomic E-state index is 11.0. The van der Waals surface area contributed by atoms with Gasteiger partial charge in [-0.15, -0.1) is 11.3 Å². The summed E-state index contributed by atoms with van der Waals surface area (Å²) in [6, 6.07) is 4.14. The van der Waals surface area contributed by atoms with Crippen LogP contribution in [0.3, 0.4) is 0 Å². The highest BCUT2D eigenvalue weighted by atomic mass is 32.1. The first-order valence-electron chi connectivity index (χ1n) is 6.26. The van der Waals surface area contributed by atoms with Gasteiger partial charge in [0.2, 0.25) is 0 Å². The summed E-state index contributed by atoms with van der Waals surface area (Å²) < 4.78 is 5.21. The van der Waals surface area contributed by atoms with Gasteiger partial charge >= 0.3 is 5.97 Å². The molecule has 0 spiro atoms. The molecule has 1 rings (SSSR count). The summed E-state index contributed by atoms with van der Waals surface area (Å²) in [5, 5.41) is 11.1. The largest absolute Gasteiger partial charge is 0.479 e. The summed E-state index contributed by atoms with van der Waals surface area (Å²) in [5.74, 6) is -0.871. The Morgan fingerprint density at radius 2 is 2.33 bits per heavy atom. The van der Waals surface area contributed by atoms with Crippen LogP contribution in [0.15, 0.2) is 17.5 Å². The highest BCUT2D eigenvalue weighted by Crippen LogP contribution is 2.12. The Bertz CT molecular complexity index is 340. The van der Waals surface area contributed by atoms with Crippen LogP contribution in [0.25, 0.3) is 0 Å². The summed E-state index contributed by atoms with van der Waals surface area (Å²) in [7, 11) is 0. The number of carboxylic acid groups (broad SMARTS) is 1. The third-order valence-electron chi connectivity index (χ3n) is 2.76. The molecule has 0 saturated heterocycles. The molecule has 1 atom stereocenters. The van der Waals surface area contributed by atoms with Gasteiger partial charge in [0.05, 0.1) is 0 Å². The van der Waals surface area contributed by atoms with Gasteiger partial charge in [0.15, 0.2) is 6.10 Å². The minimum absolute atomic E-state index is 0.439. The molecule has 0 aliphatic heterocycles. The summed E-state index contributed by atoms with van der Waals surface area (Å²) in [4.78, 5) is 14.5. The quantitative estimate of drug-likeness (QED) is 0.749. The summed E-state index contributed by atoms with van der Waals surface area (Å²) >= 11 is 1.73. The van der Waals surface area contributed by atoms with Crippen molar-refractivity contribution in [3.05, 3.63) is 22.4 Å². The lowest BCUT2D eigenvalue weighted by Crippen LogP contribution is -2.31. The number of hydrogen-bond acceptors (Lipinski definition) is 4. The number of aliphatic carboxylic acids is 1. The van der Waals surface area contributed by atoms with Crippen molar-refractivity contribution in [2.75, 3.05) is 19.7 Å². The second-order valence-corrected chi connectivity index (χ2v) is 5.05. The van der Waals surface area contributed by atoms with E-state index in [1.807, 2.05) is 13.0 Å². The molecular formula is C13H21NO3S. The van der Waals surface area contributed by atoms with Gasteiger partial charge in [0, 0.05) is 24.6 Å². The molecule has 0 aromatic carbocycles. The molecule has 102 valence electrons. The standard InChI is InChI=1S/C13H21NO3S/c1-3-14(10-11-6-5-9-18-11)8-7-12(13(15)16)17-4-2/h5-6,9,12H,3-4,7-8,10H2,1-2H3,(H,15,16). The third kappa shape index (κ3) is 5.16. The Kier molecular flexibility index (Phi) is 6.93. The van der Waals surface area contributed by atoms with Crippen LogP contribution in [0.4, 0.5) is 0 Å². The van der Waals surface area contributed by atoms with Crippen molar-refractivity contribution in [1.29, 1.82) is 0 Å². The zero-order valence-corrected chi connectivity index (χ0v) is 11.8. The fourth-order valence-corrected chi connectivity index (χ4v) is 2.50. The van der Waals surface area contributed by atoms with Crippen molar-refractivity contribution in [3.63, 3.8) is 0 Å². The lowest BCUT2D eigenvalue weighted by atomic mass is 10.2. The van der Waals surface area contributed by atoms with Gasteiger partial charge < -0.3 is 9.84 Å². The van der Waals surface area contributed by atoms with Crippen molar-refractivity contribution in [2.24, 2.45) is 0 Å². The average Bonchev–Trinajstić information content (AvgIpc) is 2.85. The molecule has 1 N–H and O–H groups in total. The minimum atomic E-state index is -0.871. The molecule has 18 heavy (non-hydrogen) atoms. The minimum Gasteiger partial charge on any atom is -0.479 e. The van der Waals surface area contributed by atoms with E-state index in [-0.39, 0.29) is 0 Å². The summed E-state index contributed by atoms with van der Waals surface area (Å²) in [6.45, 7) is 6.88. The van der Waals surface area contributed by atoms with E-state index in [0.717, 1.165) is 19.6 Å². The smallest absolute Gasteiger partial charge is 0.332 e. The Morgan fingerprint density at radius 3 is 2.83 bits per heavy atom. The topological polar surface area (TPSA) is 49.8 Å². The Balaban J connectivity index is 2.40. The third-order valence-corrected chi connectivity index (χ3v) is 3.62. The van der Waals surface area contributed by atoms with E-state index in [1.165, 1.54) is 4.88 Å². The van der Waals surface area contributed by atoms with Gasteiger partial charge in [-0.1, -0.05) is 13.0 Å². The van der Waals surface area contributed by atoms with Crippen LogP contribution in [0.1, 0.15) is 25.1 Å². The van der Waals surface area contributed by atoms with Gasteiger partial charge in [-0.25, -0.2) is 4.79 Å². The number of hydrogen-bond donors (Lipinski definition) is 1. The van der Waals surface area contributed by atoms with E-state index in [9.17, 15) is 4.79 Å². The molecule has 1 aromatic heterocycles. The number of thiophene rings is 1. The van der Waals surface area contributed by atoms with Crippen molar-refractivity contribution in [1.82, 2.24) is 4.90 Å². The van der Waals surface area contributed by atoms with E-state index in [2.05, 4.69) is 23.3 Å². The highest BCUT2D eigenvalue weighted by Gasteiger charge is 2.18. The van der Waals surface area contributed by atoms with Crippen molar-refractivity contribution in [2.45, 2.75) is 32.9 Å². The highest BCUT2D eigenvalue weighted by molar-refractivity contribution is 7.09. The van der Waals surface area contributed by atoms with E-state index in [1.54, 1.807) is 11.3 Å². The van der Waals surface area contributed by atoms with Gasteiger partial charge in [-0.05, 0) is 31.3 Å². The molecule has 0 radical (unpaired) electrons. The second kappa shape index (κ2) is 8.24. The molecule has 0 aliphatic carbocycles. The van der Waals surface area contributed by atoms with Crippen molar-refractivity contribution >= 4 is 17.3 Å². The summed E-state index contributed by atoms with van der Waals surface area (Å²) in [5.41, 5.74) is 0. The first kappa shape index (κ1) is 15.1. The predicted octanol–water partition coefficient (Wildman–Crippen LogP) is 2.45. The van der Waals surface area contributed by atoms with E-state index in [0.29, 0.717) is 13.0 Å². The molecule has 0 amide bonds.